The van der Waals surface area contributed by atoms with Gasteiger partial charge in [0, 0.05) is 49.5 Å². The summed E-state index contributed by atoms with van der Waals surface area (Å²) in [6.45, 7) is -0.980. The van der Waals surface area contributed by atoms with Gasteiger partial charge in [-0.05, 0) is 48.6 Å². The molecule has 3 aromatic carbocycles. The zero-order chi connectivity index (χ0) is 25.7. The van der Waals surface area contributed by atoms with E-state index in [1.807, 2.05) is 18.2 Å². The van der Waals surface area contributed by atoms with Crippen LogP contribution in [0.15, 0.2) is 77.9 Å². The largest absolute Gasteiger partial charge is 0.466 e. The van der Waals surface area contributed by atoms with E-state index in [2.05, 4.69) is 51.0 Å². The number of hydrogen-bond acceptors (Lipinski definition) is 5. The van der Waals surface area contributed by atoms with Crippen molar-refractivity contribution in [3.8, 4) is 11.5 Å². The molecule has 2 atom stereocenters. The number of aryl methyl sites for hydroxylation is 1. The number of halogens is 2. The number of ether oxygens (including phenoxy) is 2. The van der Waals surface area contributed by atoms with Gasteiger partial charge in [-0.1, -0.05) is 54.6 Å². The minimum Gasteiger partial charge on any atom is -0.466 e. The summed E-state index contributed by atoms with van der Waals surface area (Å²) in [4.78, 5) is 2.63. The second-order valence-electron chi connectivity index (χ2n) is 10.7. The summed E-state index contributed by atoms with van der Waals surface area (Å²) in [6.07, 6.45) is 5.98. The van der Waals surface area contributed by atoms with Gasteiger partial charge < -0.3 is 9.47 Å². The minimum atomic E-state index is -2.85. The molecule has 38 heavy (non-hydrogen) atoms. The molecule has 3 aromatic rings. The molecule has 0 saturated carbocycles. The number of para-hydroxylation sites is 1. The highest BCUT2D eigenvalue weighted by molar-refractivity contribution is 6.02. The van der Waals surface area contributed by atoms with E-state index < -0.39 is 12.3 Å². The molecule has 3 heterocycles. The van der Waals surface area contributed by atoms with Gasteiger partial charge in [0.25, 0.3) is 0 Å². The van der Waals surface area contributed by atoms with Gasteiger partial charge in [0.2, 0.25) is 5.72 Å². The first-order chi connectivity index (χ1) is 18.6. The van der Waals surface area contributed by atoms with Crippen LogP contribution in [0, 0.1) is 0 Å². The van der Waals surface area contributed by atoms with Crippen molar-refractivity contribution in [3.63, 3.8) is 0 Å². The van der Waals surface area contributed by atoms with E-state index in [0.717, 1.165) is 48.5 Å². The predicted molar refractivity (Wildman–Crippen MR) is 142 cm³/mol. The SMILES string of the molecule is FC(F)Oc1cccc(C2=NN3[C@H](C2)c2ccccc2OC32CCN([C@H]3CCCc4ccccc43)CC2)c1. The maximum atomic E-state index is 12.8. The van der Waals surface area contributed by atoms with Crippen molar-refractivity contribution >= 4 is 5.71 Å². The van der Waals surface area contributed by atoms with Crippen molar-refractivity contribution in [2.45, 2.75) is 62.9 Å². The Morgan fingerprint density at radius 3 is 2.55 bits per heavy atom. The average molecular weight is 516 g/mol. The molecule has 0 bridgehead atoms. The van der Waals surface area contributed by atoms with Crippen molar-refractivity contribution in [1.29, 1.82) is 0 Å². The first kappa shape index (κ1) is 23.7. The fraction of sp³-hybridized carbons (Fsp3) is 0.387. The highest BCUT2D eigenvalue weighted by Gasteiger charge is 2.52. The van der Waals surface area contributed by atoms with Gasteiger partial charge >= 0.3 is 6.61 Å². The number of likely N-dealkylation sites (tertiary alicyclic amines) is 1. The van der Waals surface area contributed by atoms with Crippen LogP contribution < -0.4 is 9.47 Å². The normalized spacial score (nSPS) is 23.9. The fourth-order valence-corrected chi connectivity index (χ4v) is 6.88. The van der Waals surface area contributed by atoms with Gasteiger partial charge in [-0.25, -0.2) is 5.01 Å². The summed E-state index contributed by atoms with van der Waals surface area (Å²) in [7, 11) is 0. The first-order valence-electron chi connectivity index (χ1n) is 13.6. The number of piperidine rings is 1. The van der Waals surface area contributed by atoms with Crippen molar-refractivity contribution in [2.75, 3.05) is 13.1 Å². The summed E-state index contributed by atoms with van der Waals surface area (Å²) in [5.41, 5.74) is 5.25. The molecule has 4 aliphatic rings. The molecule has 0 unspecified atom stereocenters. The molecule has 0 radical (unpaired) electrons. The summed E-state index contributed by atoms with van der Waals surface area (Å²) in [5.74, 6) is 1.08. The van der Waals surface area contributed by atoms with Crippen LogP contribution in [0.2, 0.25) is 0 Å². The van der Waals surface area contributed by atoms with Gasteiger partial charge in [0.1, 0.15) is 11.5 Å². The Bertz CT molecular complexity index is 1370. The maximum absolute atomic E-state index is 12.8. The third-order valence-corrected chi connectivity index (χ3v) is 8.66. The van der Waals surface area contributed by atoms with E-state index in [-0.39, 0.29) is 11.8 Å². The molecule has 1 saturated heterocycles. The molecule has 5 nitrogen and oxygen atoms in total. The molecule has 0 N–H and O–H groups in total. The van der Waals surface area contributed by atoms with Crippen LogP contribution in [-0.2, 0) is 6.42 Å². The van der Waals surface area contributed by atoms with Crippen LogP contribution >= 0.6 is 0 Å². The van der Waals surface area contributed by atoms with Crippen molar-refractivity contribution in [3.05, 3.63) is 95.1 Å². The van der Waals surface area contributed by atoms with Gasteiger partial charge in [0.15, 0.2) is 0 Å². The molecule has 7 rings (SSSR count). The highest BCUT2D eigenvalue weighted by atomic mass is 19.3. The Morgan fingerprint density at radius 2 is 1.71 bits per heavy atom. The van der Waals surface area contributed by atoms with E-state index in [1.54, 1.807) is 18.2 Å². The summed E-state index contributed by atoms with van der Waals surface area (Å²) in [5, 5.41) is 7.29. The topological polar surface area (TPSA) is 37.3 Å². The summed E-state index contributed by atoms with van der Waals surface area (Å²) >= 11 is 0. The molecule has 196 valence electrons. The van der Waals surface area contributed by atoms with E-state index >= 15 is 0 Å². The lowest BCUT2D eigenvalue weighted by Gasteiger charge is -2.52. The zero-order valence-corrected chi connectivity index (χ0v) is 21.2. The second kappa shape index (κ2) is 9.38. The number of hydrazone groups is 1. The van der Waals surface area contributed by atoms with E-state index in [1.165, 1.54) is 30.4 Å². The number of nitrogens with zero attached hydrogens (tertiary/aromatic N) is 3. The lowest BCUT2D eigenvalue weighted by atomic mass is 9.84. The molecular formula is C31H31F2N3O2. The van der Waals surface area contributed by atoms with Gasteiger partial charge in [-0.2, -0.15) is 13.9 Å². The molecule has 1 fully saturated rings. The average Bonchev–Trinajstić information content (AvgIpc) is 3.40. The van der Waals surface area contributed by atoms with Crippen molar-refractivity contribution in [2.24, 2.45) is 5.10 Å². The smallest absolute Gasteiger partial charge is 0.387 e. The predicted octanol–water partition coefficient (Wildman–Crippen LogP) is 6.70. The molecule has 0 amide bonds. The van der Waals surface area contributed by atoms with Crippen LogP contribution in [0.1, 0.15) is 66.4 Å². The van der Waals surface area contributed by atoms with Crippen LogP contribution in [0.25, 0.3) is 0 Å². The van der Waals surface area contributed by atoms with Gasteiger partial charge in [-0.15, -0.1) is 0 Å². The zero-order valence-electron chi connectivity index (χ0n) is 21.2. The Labute approximate surface area is 221 Å². The standard InChI is InChI=1S/C31H31F2N3O2/c32-30(33)37-23-10-5-9-22(19-23)26-20-28-25-12-3-4-14-29(25)38-31(36(28)34-26)15-17-35(18-16-31)27-13-6-8-21-7-1-2-11-24(21)27/h1-5,7,9-12,14,19,27-28,30H,6,8,13,15-18,20H2/t27-,28+/m0/s1. The Kier molecular flexibility index (Phi) is 5.84. The third-order valence-electron chi connectivity index (χ3n) is 8.66. The minimum absolute atomic E-state index is 0.0524. The number of hydrogen-bond donors (Lipinski definition) is 0. The maximum Gasteiger partial charge on any atom is 0.387 e. The van der Waals surface area contributed by atoms with Crippen LogP contribution in [0.5, 0.6) is 11.5 Å². The van der Waals surface area contributed by atoms with E-state index in [9.17, 15) is 8.78 Å². The Morgan fingerprint density at radius 1 is 0.921 bits per heavy atom. The van der Waals surface area contributed by atoms with E-state index in [0.29, 0.717) is 12.5 Å². The van der Waals surface area contributed by atoms with Gasteiger partial charge in [-0.3, -0.25) is 4.90 Å². The quantitative estimate of drug-likeness (QED) is 0.388. The number of fused-ring (bicyclic) bond motifs is 5. The van der Waals surface area contributed by atoms with E-state index in [4.69, 9.17) is 9.84 Å². The Hall–Kier alpha value is -3.45. The molecule has 3 aliphatic heterocycles. The van der Waals surface area contributed by atoms with Crippen LogP contribution in [0.3, 0.4) is 0 Å². The molecule has 1 spiro atoms. The Balaban J connectivity index is 1.18. The monoisotopic (exact) mass is 515 g/mol. The first-order valence-corrected chi connectivity index (χ1v) is 13.6. The fourth-order valence-electron chi connectivity index (χ4n) is 6.88. The van der Waals surface area contributed by atoms with Crippen LogP contribution in [0.4, 0.5) is 8.78 Å². The molecule has 7 heteroatoms. The number of benzene rings is 3. The number of rotatable bonds is 4. The molecular weight excluding hydrogens is 484 g/mol. The van der Waals surface area contributed by atoms with Crippen molar-refractivity contribution < 1.29 is 18.3 Å². The third kappa shape index (κ3) is 4.04. The second-order valence-corrected chi connectivity index (χ2v) is 10.7. The summed E-state index contributed by atoms with van der Waals surface area (Å²) < 4.78 is 37.2. The lowest BCUT2D eigenvalue weighted by molar-refractivity contribution is -0.153. The van der Waals surface area contributed by atoms with Crippen LogP contribution in [-0.4, -0.2) is 41.0 Å². The molecule has 1 aliphatic carbocycles. The van der Waals surface area contributed by atoms with Gasteiger partial charge in [0.05, 0.1) is 11.8 Å². The molecule has 0 aromatic heterocycles. The number of alkyl halides is 2. The highest BCUT2D eigenvalue weighted by Crippen LogP contribution is 2.51. The van der Waals surface area contributed by atoms with Crippen molar-refractivity contribution in [1.82, 2.24) is 9.91 Å². The summed E-state index contributed by atoms with van der Waals surface area (Å²) in [6, 6.07) is 24.5. The lowest BCUT2D eigenvalue weighted by Crippen LogP contribution is -2.59.